The first kappa shape index (κ1) is 17.1. The molecule has 0 unspecified atom stereocenters. The maximum absolute atomic E-state index is 12.0. The van der Waals surface area contributed by atoms with Crippen LogP contribution in [0.15, 0.2) is 24.3 Å². The van der Waals surface area contributed by atoms with Crippen LogP contribution < -0.4 is 10.1 Å². The van der Waals surface area contributed by atoms with Crippen molar-refractivity contribution in [3.63, 3.8) is 0 Å². The molecule has 0 atom stereocenters. The van der Waals surface area contributed by atoms with E-state index < -0.39 is 6.36 Å². The van der Waals surface area contributed by atoms with E-state index in [0.29, 0.717) is 25.2 Å². The van der Waals surface area contributed by atoms with Crippen LogP contribution in [0.1, 0.15) is 13.3 Å². The molecule has 0 fully saturated rings. The van der Waals surface area contributed by atoms with E-state index >= 15 is 0 Å². The Morgan fingerprint density at radius 2 is 1.95 bits per heavy atom. The molecule has 1 aromatic rings. The summed E-state index contributed by atoms with van der Waals surface area (Å²) < 4.78 is 39.7. The maximum Gasteiger partial charge on any atom is 0.573 e. The summed E-state index contributed by atoms with van der Waals surface area (Å²) in [6, 6.07) is 4.49. The number of halogens is 3. The molecular weight excluding hydrogens is 289 g/mol. The van der Waals surface area contributed by atoms with Crippen LogP contribution in [0.2, 0.25) is 0 Å². The number of aliphatic hydroxyl groups excluding tert-OH is 1. The Hall–Kier alpha value is -1.96. The molecule has 0 bridgehead atoms. The number of nitrogens with zero attached hydrogens (tertiary/aromatic N) is 1. The number of alkyl halides is 3. The molecule has 0 aliphatic rings. The third-order valence-corrected chi connectivity index (χ3v) is 2.59. The molecule has 0 saturated carbocycles. The lowest BCUT2D eigenvalue weighted by atomic mass is 10.3. The van der Waals surface area contributed by atoms with Crippen molar-refractivity contribution in [2.24, 2.45) is 0 Å². The largest absolute Gasteiger partial charge is 0.573 e. The van der Waals surface area contributed by atoms with E-state index in [0.717, 1.165) is 12.1 Å². The van der Waals surface area contributed by atoms with Gasteiger partial charge in [0.2, 0.25) is 0 Å². The monoisotopic (exact) mass is 306 g/mol. The zero-order chi connectivity index (χ0) is 15.9. The highest BCUT2D eigenvalue weighted by Gasteiger charge is 2.30. The van der Waals surface area contributed by atoms with Crippen molar-refractivity contribution in [3.05, 3.63) is 24.3 Å². The Balaban J connectivity index is 2.60. The fraction of sp³-hybridized carbons (Fsp3) is 0.462. The molecule has 0 radical (unpaired) electrons. The predicted octanol–water partition coefficient (Wildman–Crippen LogP) is 2.82. The molecule has 1 aromatic carbocycles. The lowest BCUT2D eigenvalue weighted by Gasteiger charge is -2.21. The number of nitrogens with one attached hydrogen (secondary N) is 1. The zero-order valence-corrected chi connectivity index (χ0v) is 11.5. The number of hydrogen-bond donors (Lipinski definition) is 2. The van der Waals surface area contributed by atoms with Crippen molar-refractivity contribution in [2.45, 2.75) is 19.7 Å². The Kier molecular flexibility index (Phi) is 6.29. The minimum absolute atomic E-state index is 0.0206. The van der Waals surface area contributed by atoms with Crippen LogP contribution in [0.3, 0.4) is 0 Å². The standard InChI is InChI=1S/C13H17F3N2O3/c1-2-18(8-3-9-19)12(20)17-10-4-6-11(7-5-10)21-13(14,15)16/h4-7,19H,2-3,8-9H2,1H3,(H,17,20). The second-order valence-electron chi connectivity index (χ2n) is 4.16. The summed E-state index contributed by atoms with van der Waals surface area (Å²) in [4.78, 5) is 13.4. The van der Waals surface area contributed by atoms with Crippen molar-refractivity contribution in [3.8, 4) is 5.75 Å². The highest BCUT2D eigenvalue weighted by molar-refractivity contribution is 5.89. The molecule has 2 N–H and O–H groups in total. The molecule has 8 heteroatoms. The van der Waals surface area contributed by atoms with Crippen molar-refractivity contribution >= 4 is 11.7 Å². The van der Waals surface area contributed by atoms with Gasteiger partial charge in [0.05, 0.1) is 0 Å². The van der Waals surface area contributed by atoms with E-state index in [-0.39, 0.29) is 18.4 Å². The van der Waals surface area contributed by atoms with Gasteiger partial charge in [-0.25, -0.2) is 4.79 Å². The van der Waals surface area contributed by atoms with E-state index in [1.807, 2.05) is 0 Å². The Bertz CT molecular complexity index is 449. The molecule has 0 spiro atoms. The minimum Gasteiger partial charge on any atom is -0.406 e. The zero-order valence-electron chi connectivity index (χ0n) is 11.5. The number of aliphatic hydroxyl groups is 1. The quantitative estimate of drug-likeness (QED) is 0.849. The molecule has 21 heavy (non-hydrogen) atoms. The Morgan fingerprint density at radius 3 is 2.43 bits per heavy atom. The molecule has 1 rings (SSSR count). The topological polar surface area (TPSA) is 61.8 Å². The van der Waals surface area contributed by atoms with Gasteiger partial charge in [-0.05, 0) is 37.6 Å². The molecular formula is C13H17F3N2O3. The number of anilines is 1. The number of urea groups is 1. The number of amides is 2. The molecule has 2 amide bonds. The van der Waals surface area contributed by atoms with Gasteiger partial charge in [0.15, 0.2) is 0 Å². The average molecular weight is 306 g/mol. The number of ether oxygens (including phenoxy) is 1. The molecule has 0 aromatic heterocycles. The highest BCUT2D eigenvalue weighted by atomic mass is 19.4. The average Bonchev–Trinajstić information content (AvgIpc) is 2.40. The molecule has 5 nitrogen and oxygen atoms in total. The summed E-state index contributed by atoms with van der Waals surface area (Å²) in [5, 5.41) is 11.3. The van der Waals surface area contributed by atoms with E-state index in [4.69, 9.17) is 5.11 Å². The summed E-state index contributed by atoms with van der Waals surface area (Å²) in [6.45, 7) is 2.62. The van der Waals surface area contributed by atoms with Crippen molar-refractivity contribution in [1.82, 2.24) is 4.90 Å². The second-order valence-corrected chi connectivity index (χ2v) is 4.16. The van der Waals surface area contributed by atoms with Gasteiger partial charge in [-0.2, -0.15) is 0 Å². The second kappa shape index (κ2) is 7.72. The number of benzene rings is 1. The SMILES string of the molecule is CCN(CCCO)C(=O)Nc1ccc(OC(F)(F)F)cc1. The molecule has 0 aliphatic heterocycles. The van der Waals surface area contributed by atoms with Crippen LogP contribution in [0.4, 0.5) is 23.7 Å². The van der Waals surface area contributed by atoms with Gasteiger partial charge in [-0.15, -0.1) is 13.2 Å². The van der Waals surface area contributed by atoms with Crippen LogP contribution in [-0.4, -0.2) is 42.1 Å². The molecule has 0 heterocycles. The molecule has 0 aliphatic carbocycles. The van der Waals surface area contributed by atoms with Crippen LogP contribution in [-0.2, 0) is 0 Å². The first-order valence-corrected chi connectivity index (χ1v) is 6.38. The van der Waals surface area contributed by atoms with Crippen molar-refractivity contribution < 1.29 is 27.8 Å². The fourth-order valence-corrected chi connectivity index (χ4v) is 1.61. The third-order valence-electron chi connectivity index (χ3n) is 2.59. The first-order chi connectivity index (χ1) is 9.85. The Morgan fingerprint density at radius 1 is 1.33 bits per heavy atom. The van der Waals surface area contributed by atoms with Crippen LogP contribution in [0.25, 0.3) is 0 Å². The summed E-state index contributed by atoms with van der Waals surface area (Å²) in [7, 11) is 0. The van der Waals surface area contributed by atoms with Gasteiger partial charge in [0.25, 0.3) is 0 Å². The number of hydrogen-bond acceptors (Lipinski definition) is 3. The predicted molar refractivity (Wildman–Crippen MR) is 71.1 cm³/mol. The van der Waals surface area contributed by atoms with E-state index in [2.05, 4.69) is 10.1 Å². The minimum atomic E-state index is -4.74. The number of rotatable bonds is 6. The molecule has 118 valence electrons. The van der Waals surface area contributed by atoms with Crippen LogP contribution in [0.5, 0.6) is 5.75 Å². The van der Waals surface area contributed by atoms with Gasteiger partial charge in [-0.1, -0.05) is 0 Å². The van der Waals surface area contributed by atoms with Gasteiger partial charge >= 0.3 is 12.4 Å². The van der Waals surface area contributed by atoms with Gasteiger partial charge in [0, 0.05) is 25.4 Å². The lowest BCUT2D eigenvalue weighted by Crippen LogP contribution is -2.35. The maximum atomic E-state index is 12.0. The van der Waals surface area contributed by atoms with E-state index in [1.165, 1.54) is 17.0 Å². The van der Waals surface area contributed by atoms with E-state index in [1.54, 1.807) is 6.92 Å². The summed E-state index contributed by atoms with van der Waals surface area (Å²) in [6.07, 6.45) is -4.28. The first-order valence-electron chi connectivity index (χ1n) is 6.38. The van der Waals surface area contributed by atoms with E-state index in [9.17, 15) is 18.0 Å². The number of carbonyl (C=O) groups excluding carboxylic acids is 1. The smallest absolute Gasteiger partial charge is 0.406 e. The van der Waals surface area contributed by atoms with Gasteiger partial charge < -0.3 is 20.1 Å². The van der Waals surface area contributed by atoms with Gasteiger partial charge in [-0.3, -0.25) is 0 Å². The van der Waals surface area contributed by atoms with Crippen molar-refractivity contribution in [2.75, 3.05) is 25.0 Å². The molecule has 0 saturated heterocycles. The summed E-state index contributed by atoms with van der Waals surface area (Å²) in [5.41, 5.74) is 0.358. The summed E-state index contributed by atoms with van der Waals surface area (Å²) in [5.74, 6) is -0.354. The highest BCUT2D eigenvalue weighted by Crippen LogP contribution is 2.24. The van der Waals surface area contributed by atoms with Crippen molar-refractivity contribution in [1.29, 1.82) is 0 Å². The Labute approximate surface area is 120 Å². The summed E-state index contributed by atoms with van der Waals surface area (Å²) >= 11 is 0. The van der Waals surface area contributed by atoms with Crippen LogP contribution in [0, 0.1) is 0 Å². The normalized spacial score (nSPS) is 11.1. The fourth-order valence-electron chi connectivity index (χ4n) is 1.61. The third kappa shape index (κ3) is 6.35. The van der Waals surface area contributed by atoms with Crippen LogP contribution >= 0.6 is 0 Å². The number of carbonyl (C=O) groups is 1. The lowest BCUT2D eigenvalue weighted by molar-refractivity contribution is -0.274. The van der Waals surface area contributed by atoms with Gasteiger partial charge in [0.1, 0.15) is 5.75 Å².